The van der Waals surface area contributed by atoms with Crippen molar-refractivity contribution in [3.63, 3.8) is 0 Å². The Morgan fingerprint density at radius 1 is 1.16 bits per heavy atom. The summed E-state index contributed by atoms with van der Waals surface area (Å²) in [6, 6.07) is 15.2. The van der Waals surface area contributed by atoms with Crippen LogP contribution in [0.15, 0.2) is 48.5 Å². The van der Waals surface area contributed by atoms with Crippen molar-refractivity contribution >= 4 is 35.1 Å². The van der Waals surface area contributed by atoms with E-state index in [-0.39, 0.29) is 11.9 Å². The minimum atomic E-state index is -0.450. The summed E-state index contributed by atoms with van der Waals surface area (Å²) in [6.45, 7) is 6.94. The van der Waals surface area contributed by atoms with Gasteiger partial charge in [0.15, 0.2) is 0 Å². The summed E-state index contributed by atoms with van der Waals surface area (Å²) < 4.78 is 5.16. The lowest BCUT2D eigenvalue weighted by molar-refractivity contribution is 0.147. The van der Waals surface area contributed by atoms with E-state index in [1.807, 2.05) is 69.3 Å². The van der Waals surface area contributed by atoms with E-state index in [2.05, 4.69) is 20.6 Å². The molecule has 1 heterocycles. The fourth-order valence-electron chi connectivity index (χ4n) is 3.12. The molecule has 3 aromatic rings. The minimum absolute atomic E-state index is 0.190. The summed E-state index contributed by atoms with van der Waals surface area (Å²) in [6.07, 6.45) is 0.278. The summed E-state index contributed by atoms with van der Waals surface area (Å²) in [5, 5.41) is 6.73. The van der Waals surface area contributed by atoms with Gasteiger partial charge in [-0.2, -0.15) is 4.98 Å². The monoisotopic (exact) mass is 453 g/mol. The number of carbonyl (C=O) groups is 1. The van der Waals surface area contributed by atoms with E-state index in [9.17, 15) is 4.79 Å². The molecule has 0 aliphatic carbocycles. The minimum Gasteiger partial charge on any atom is -0.449 e. The number of nitrogen functional groups attached to an aromatic ring is 1. The first kappa shape index (κ1) is 23.3. The van der Waals surface area contributed by atoms with Crippen LogP contribution in [0.5, 0.6) is 0 Å². The fraction of sp³-hybridized carbons (Fsp3) is 0.292. The molecule has 0 saturated carbocycles. The molecule has 0 bridgehead atoms. The van der Waals surface area contributed by atoms with Crippen LogP contribution in [-0.4, -0.2) is 29.2 Å². The summed E-state index contributed by atoms with van der Waals surface area (Å²) in [5.41, 5.74) is 10.3. The van der Waals surface area contributed by atoms with Crippen LogP contribution in [-0.2, 0) is 11.2 Å². The Morgan fingerprint density at radius 2 is 1.94 bits per heavy atom. The Labute approximate surface area is 193 Å². The van der Waals surface area contributed by atoms with Gasteiger partial charge in [0.2, 0.25) is 5.95 Å². The highest BCUT2D eigenvalue weighted by Crippen LogP contribution is 2.28. The topological polar surface area (TPSA) is 102 Å². The van der Waals surface area contributed by atoms with Crippen LogP contribution in [0.1, 0.15) is 25.0 Å². The largest absolute Gasteiger partial charge is 0.449 e. The zero-order valence-electron chi connectivity index (χ0n) is 18.5. The second kappa shape index (κ2) is 10.8. The highest BCUT2D eigenvalue weighted by molar-refractivity contribution is 6.31. The van der Waals surface area contributed by atoms with Crippen LogP contribution in [0.4, 0.5) is 22.2 Å². The smallest absolute Gasteiger partial charge is 0.411 e. The normalized spacial score (nSPS) is 10.8. The molecule has 168 valence electrons. The molecular weight excluding hydrogens is 426 g/mol. The molecule has 3 rings (SSSR count). The molecule has 7 nitrogen and oxygen atoms in total. The lowest BCUT2D eigenvalue weighted by Gasteiger charge is -2.12. The van der Waals surface area contributed by atoms with Gasteiger partial charge in [0, 0.05) is 28.9 Å². The van der Waals surface area contributed by atoms with E-state index in [4.69, 9.17) is 22.1 Å². The average molecular weight is 454 g/mol. The molecule has 0 fully saturated rings. The SMILES string of the molecule is Cc1c(Cl)cccc1-c1cc(NCCc2cccc(NC(=O)OCC(C)C)c2)nc(N)n1. The van der Waals surface area contributed by atoms with Crippen molar-refractivity contribution in [2.45, 2.75) is 27.2 Å². The van der Waals surface area contributed by atoms with E-state index < -0.39 is 6.09 Å². The fourth-order valence-corrected chi connectivity index (χ4v) is 3.29. The number of ether oxygens (including phenoxy) is 1. The number of hydrogen-bond donors (Lipinski definition) is 3. The molecule has 0 aliphatic rings. The number of benzene rings is 2. The Balaban J connectivity index is 1.62. The van der Waals surface area contributed by atoms with Gasteiger partial charge in [-0.05, 0) is 48.6 Å². The number of rotatable bonds is 8. The first-order valence-corrected chi connectivity index (χ1v) is 10.9. The highest BCUT2D eigenvalue weighted by Gasteiger charge is 2.10. The first-order chi connectivity index (χ1) is 15.3. The number of nitrogens with zero attached hydrogens (tertiary/aromatic N) is 2. The maximum atomic E-state index is 11.9. The Bertz CT molecular complexity index is 1090. The number of carbonyl (C=O) groups excluding carboxylic acids is 1. The molecule has 1 aromatic heterocycles. The molecule has 1 amide bonds. The molecule has 32 heavy (non-hydrogen) atoms. The van der Waals surface area contributed by atoms with E-state index in [1.165, 1.54) is 0 Å². The van der Waals surface area contributed by atoms with Gasteiger partial charge in [-0.15, -0.1) is 0 Å². The maximum absolute atomic E-state index is 11.9. The number of aromatic nitrogens is 2. The summed E-state index contributed by atoms with van der Waals surface area (Å²) in [7, 11) is 0. The number of halogens is 1. The number of nitrogens with one attached hydrogen (secondary N) is 2. The third-order valence-electron chi connectivity index (χ3n) is 4.73. The Hall–Kier alpha value is -3.32. The predicted molar refractivity (Wildman–Crippen MR) is 130 cm³/mol. The number of amides is 1. The zero-order valence-corrected chi connectivity index (χ0v) is 19.2. The van der Waals surface area contributed by atoms with Gasteiger partial charge in [-0.3, -0.25) is 5.32 Å². The number of anilines is 3. The Kier molecular flexibility index (Phi) is 7.89. The van der Waals surface area contributed by atoms with Gasteiger partial charge in [-0.25, -0.2) is 9.78 Å². The average Bonchev–Trinajstić information content (AvgIpc) is 2.74. The summed E-state index contributed by atoms with van der Waals surface area (Å²) >= 11 is 6.25. The van der Waals surface area contributed by atoms with Gasteiger partial charge in [-0.1, -0.05) is 49.7 Å². The van der Waals surface area contributed by atoms with Crippen molar-refractivity contribution in [3.8, 4) is 11.3 Å². The third-order valence-corrected chi connectivity index (χ3v) is 5.14. The molecule has 0 saturated heterocycles. The predicted octanol–water partition coefficient (Wildman–Crippen LogP) is 5.55. The summed E-state index contributed by atoms with van der Waals surface area (Å²) in [4.78, 5) is 20.5. The van der Waals surface area contributed by atoms with Gasteiger partial charge in [0.25, 0.3) is 0 Å². The van der Waals surface area contributed by atoms with Crippen molar-refractivity contribution in [1.82, 2.24) is 9.97 Å². The summed E-state index contributed by atoms with van der Waals surface area (Å²) in [5.74, 6) is 1.12. The van der Waals surface area contributed by atoms with Crippen LogP contribution in [0.2, 0.25) is 5.02 Å². The maximum Gasteiger partial charge on any atom is 0.411 e. The van der Waals surface area contributed by atoms with Crippen LogP contribution in [0.25, 0.3) is 11.3 Å². The van der Waals surface area contributed by atoms with E-state index in [1.54, 1.807) is 0 Å². The van der Waals surface area contributed by atoms with E-state index >= 15 is 0 Å². The van der Waals surface area contributed by atoms with Crippen molar-refractivity contribution < 1.29 is 9.53 Å². The van der Waals surface area contributed by atoms with E-state index in [0.29, 0.717) is 35.4 Å². The van der Waals surface area contributed by atoms with Gasteiger partial charge < -0.3 is 15.8 Å². The van der Waals surface area contributed by atoms with Gasteiger partial charge in [0.1, 0.15) is 5.82 Å². The van der Waals surface area contributed by atoms with Crippen molar-refractivity contribution in [3.05, 3.63) is 64.7 Å². The van der Waals surface area contributed by atoms with Gasteiger partial charge >= 0.3 is 6.09 Å². The van der Waals surface area contributed by atoms with Crippen molar-refractivity contribution in [1.29, 1.82) is 0 Å². The molecular formula is C24H28ClN5O2. The van der Waals surface area contributed by atoms with E-state index in [0.717, 1.165) is 23.1 Å². The lowest BCUT2D eigenvalue weighted by atomic mass is 10.1. The number of hydrogen-bond acceptors (Lipinski definition) is 6. The molecule has 0 aliphatic heterocycles. The quantitative estimate of drug-likeness (QED) is 0.413. The standard InChI is InChI=1S/C24H28ClN5O2/c1-15(2)14-32-24(31)28-18-7-4-6-17(12-18)10-11-27-22-13-21(29-23(26)30-22)19-8-5-9-20(25)16(19)3/h4-9,12-13,15H,10-11,14H2,1-3H3,(H,28,31)(H3,26,27,29,30). The molecule has 0 atom stereocenters. The third kappa shape index (κ3) is 6.59. The molecule has 0 spiro atoms. The Morgan fingerprint density at radius 3 is 2.72 bits per heavy atom. The zero-order chi connectivity index (χ0) is 23.1. The van der Waals surface area contributed by atoms with Crippen LogP contribution < -0.4 is 16.4 Å². The second-order valence-electron chi connectivity index (χ2n) is 7.90. The molecule has 4 N–H and O–H groups in total. The highest BCUT2D eigenvalue weighted by atomic mass is 35.5. The number of nitrogens with two attached hydrogens (primary N) is 1. The lowest BCUT2D eigenvalue weighted by Crippen LogP contribution is -2.16. The molecule has 8 heteroatoms. The van der Waals surface area contributed by atoms with Crippen LogP contribution >= 0.6 is 11.6 Å². The molecule has 2 aromatic carbocycles. The first-order valence-electron chi connectivity index (χ1n) is 10.5. The van der Waals surface area contributed by atoms with Crippen LogP contribution in [0.3, 0.4) is 0 Å². The van der Waals surface area contributed by atoms with Crippen LogP contribution in [0, 0.1) is 12.8 Å². The molecule has 0 unspecified atom stereocenters. The van der Waals surface area contributed by atoms with Gasteiger partial charge in [0.05, 0.1) is 12.3 Å². The van der Waals surface area contributed by atoms with Crippen molar-refractivity contribution in [2.75, 3.05) is 29.5 Å². The molecule has 0 radical (unpaired) electrons. The second-order valence-corrected chi connectivity index (χ2v) is 8.31. The van der Waals surface area contributed by atoms with Crippen molar-refractivity contribution in [2.24, 2.45) is 5.92 Å².